The van der Waals surface area contributed by atoms with E-state index in [9.17, 15) is 9.59 Å². The zero-order valence-corrected chi connectivity index (χ0v) is 23.3. The van der Waals surface area contributed by atoms with E-state index >= 15 is 0 Å². The molecule has 1 atom stereocenters. The molecule has 198 valence electrons. The number of furan rings is 1. The van der Waals surface area contributed by atoms with Crippen LogP contribution in [0.15, 0.2) is 116 Å². The Hall–Kier alpha value is -4.46. The minimum Gasteiger partial charge on any atom is -0.457 e. The van der Waals surface area contributed by atoms with Gasteiger partial charge in [-0.3, -0.25) is 14.2 Å². The lowest BCUT2D eigenvalue weighted by Gasteiger charge is -2.25. The Morgan fingerprint density at radius 1 is 1.00 bits per heavy atom. The molecule has 1 N–H and O–H groups in total. The fraction of sp³-hybridized carbons (Fsp3) is 0.0938. The molecule has 0 saturated heterocycles. The highest BCUT2D eigenvalue weighted by Crippen LogP contribution is 2.31. The molecule has 8 heteroatoms. The summed E-state index contributed by atoms with van der Waals surface area (Å²) in [7, 11) is 0. The number of nitrogens with zero attached hydrogens (tertiary/aromatic N) is 2. The number of rotatable bonds is 5. The third kappa shape index (κ3) is 4.85. The molecule has 6 rings (SSSR count). The first kappa shape index (κ1) is 25.8. The van der Waals surface area contributed by atoms with Crippen molar-refractivity contribution < 1.29 is 9.21 Å². The molecule has 6 nitrogen and oxygen atoms in total. The van der Waals surface area contributed by atoms with E-state index in [1.54, 1.807) is 16.7 Å². The number of halogens is 1. The SMILES string of the molecule is CC1=C(C(=O)Nc2ccccc2C)[C@@H](c2ccccc2)n2c(s/c(=C/c3ccc(-c4cccc(Cl)c4)o3)c2=O)=N1. The molecule has 3 heterocycles. The largest absolute Gasteiger partial charge is 0.457 e. The van der Waals surface area contributed by atoms with Crippen molar-refractivity contribution in [2.24, 2.45) is 4.99 Å². The highest BCUT2D eigenvalue weighted by atomic mass is 35.5. The number of carbonyl (C=O) groups is 1. The summed E-state index contributed by atoms with van der Waals surface area (Å²) in [6.45, 7) is 3.75. The van der Waals surface area contributed by atoms with Gasteiger partial charge in [-0.15, -0.1) is 0 Å². The number of benzene rings is 3. The van der Waals surface area contributed by atoms with Crippen LogP contribution in [0.3, 0.4) is 0 Å². The Balaban J connectivity index is 1.44. The number of nitrogens with one attached hydrogen (secondary N) is 1. The van der Waals surface area contributed by atoms with Crippen LogP contribution in [-0.2, 0) is 4.79 Å². The highest BCUT2D eigenvalue weighted by molar-refractivity contribution is 7.07. The quantitative estimate of drug-likeness (QED) is 0.280. The van der Waals surface area contributed by atoms with Crippen LogP contribution >= 0.6 is 22.9 Å². The van der Waals surface area contributed by atoms with Gasteiger partial charge in [0.2, 0.25) is 0 Å². The molecule has 2 aromatic heterocycles. The van der Waals surface area contributed by atoms with Crippen LogP contribution in [0.25, 0.3) is 17.4 Å². The Morgan fingerprint density at radius 3 is 2.55 bits per heavy atom. The zero-order chi connectivity index (χ0) is 27.8. The molecule has 1 aliphatic rings. The third-order valence-electron chi connectivity index (χ3n) is 6.78. The minimum absolute atomic E-state index is 0.244. The lowest BCUT2D eigenvalue weighted by Crippen LogP contribution is -2.40. The van der Waals surface area contributed by atoms with Gasteiger partial charge in [-0.25, -0.2) is 4.99 Å². The number of para-hydroxylation sites is 1. The van der Waals surface area contributed by atoms with Crippen molar-refractivity contribution in [2.75, 3.05) is 5.32 Å². The topological polar surface area (TPSA) is 76.6 Å². The lowest BCUT2D eigenvalue weighted by molar-refractivity contribution is -0.113. The maximum absolute atomic E-state index is 13.9. The van der Waals surface area contributed by atoms with Crippen molar-refractivity contribution in [3.05, 3.63) is 144 Å². The molecular weight excluding hydrogens is 542 g/mol. The summed E-state index contributed by atoms with van der Waals surface area (Å²) in [5.41, 5.74) is 4.07. The second-order valence-corrected chi connectivity index (χ2v) is 10.9. The predicted molar refractivity (Wildman–Crippen MR) is 159 cm³/mol. The summed E-state index contributed by atoms with van der Waals surface area (Å²) in [6.07, 6.45) is 1.71. The van der Waals surface area contributed by atoms with Gasteiger partial charge in [0.25, 0.3) is 11.5 Å². The van der Waals surface area contributed by atoms with Crippen LogP contribution in [0.4, 0.5) is 5.69 Å². The fourth-order valence-electron chi connectivity index (χ4n) is 4.82. The smallest absolute Gasteiger partial charge is 0.271 e. The van der Waals surface area contributed by atoms with Crippen molar-refractivity contribution in [1.82, 2.24) is 4.57 Å². The molecule has 0 saturated carbocycles. The maximum atomic E-state index is 13.9. The zero-order valence-electron chi connectivity index (χ0n) is 21.7. The summed E-state index contributed by atoms with van der Waals surface area (Å²) in [5, 5.41) is 3.64. The molecule has 5 aromatic rings. The van der Waals surface area contributed by atoms with Crippen LogP contribution in [0.5, 0.6) is 0 Å². The number of carbonyl (C=O) groups excluding carboxylic acids is 1. The van der Waals surface area contributed by atoms with E-state index in [0.717, 1.165) is 16.7 Å². The average Bonchev–Trinajstić information content (AvgIpc) is 3.54. The molecule has 0 fully saturated rings. The molecule has 0 spiro atoms. The van der Waals surface area contributed by atoms with Gasteiger partial charge >= 0.3 is 0 Å². The van der Waals surface area contributed by atoms with Gasteiger partial charge in [0.05, 0.1) is 21.8 Å². The van der Waals surface area contributed by atoms with Crippen molar-refractivity contribution in [3.8, 4) is 11.3 Å². The lowest BCUT2D eigenvalue weighted by atomic mass is 9.95. The first-order valence-corrected chi connectivity index (χ1v) is 13.9. The van der Waals surface area contributed by atoms with Crippen LogP contribution < -0.4 is 20.2 Å². The van der Waals surface area contributed by atoms with E-state index in [-0.39, 0.29) is 11.5 Å². The van der Waals surface area contributed by atoms with E-state index in [2.05, 4.69) is 5.32 Å². The predicted octanol–water partition coefficient (Wildman–Crippen LogP) is 6.10. The van der Waals surface area contributed by atoms with Crippen LogP contribution in [0.1, 0.15) is 29.9 Å². The first-order chi connectivity index (χ1) is 19.4. The Kier molecular flexibility index (Phi) is 6.84. The number of anilines is 1. The molecule has 0 unspecified atom stereocenters. The maximum Gasteiger partial charge on any atom is 0.271 e. The van der Waals surface area contributed by atoms with Gasteiger partial charge in [-0.2, -0.15) is 0 Å². The third-order valence-corrected chi connectivity index (χ3v) is 8.00. The monoisotopic (exact) mass is 565 g/mol. The molecule has 3 aromatic carbocycles. The van der Waals surface area contributed by atoms with Crippen molar-refractivity contribution >= 4 is 40.6 Å². The molecular formula is C32H24ClN3O3S. The number of hydrogen-bond acceptors (Lipinski definition) is 5. The van der Waals surface area contributed by atoms with Crippen LogP contribution in [0.2, 0.25) is 5.02 Å². The number of hydrogen-bond donors (Lipinski definition) is 1. The molecule has 1 aliphatic heterocycles. The number of amides is 1. The standard InChI is InChI=1S/C32H24ClN3O3S/c1-19-9-6-7-14-25(19)35-30(37)28-20(2)34-32-36(29(28)21-10-4-3-5-11-21)31(38)27(40-32)18-24-15-16-26(39-24)22-12-8-13-23(33)17-22/h3-18,29H,1-2H3,(H,35,37)/b27-18+/t29-/m1/s1. The number of thiazole rings is 1. The van der Waals surface area contributed by atoms with Gasteiger partial charge in [0.15, 0.2) is 4.80 Å². The van der Waals surface area contributed by atoms with Crippen molar-refractivity contribution in [1.29, 1.82) is 0 Å². The Morgan fingerprint density at radius 2 is 1.77 bits per heavy atom. The van der Waals surface area contributed by atoms with Gasteiger partial charge in [0, 0.05) is 22.3 Å². The second-order valence-electron chi connectivity index (χ2n) is 9.47. The van der Waals surface area contributed by atoms with Gasteiger partial charge < -0.3 is 9.73 Å². The van der Waals surface area contributed by atoms with Crippen LogP contribution in [0, 0.1) is 6.92 Å². The highest BCUT2D eigenvalue weighted by Gasteiger charge is 2.32. The number of aromatic nitrogens is 1. The van der Waals surface area contributed by atoms with Crippen molar-refractivity contribution in [3.63, 3.8) is 0 Å². The van der Waals surface area contributed by atoms with Gasteiger partial charge in [-0.05, 0) is 55.3 Å². The van der Waals surface area contributed by atoms with E-state index < -0.39 is 6.04 Å². The van der Waals surface area contributed by atoms with Crippen LogP contribution in [-0.4, -0.2) is 10.5 Å². The molecule has 0 bridgehead atoms. The summed E-state index contributed by atoms with van der Waals surface area (Å²) in [4.78, 5) is 32.8. The second kappa shape index (κ2) is 10.6. The van der Waals surface area contributed by atoms with Gasteiger partial charge in [0.1, 0.15) is 11.5 Å². The first-order valence-electron chi connectivity index (χ1n) is 12.7. The summed E-state index contributed by atoms with van der Waals surface area (Å²) in [5.74, 6) is 0.885. The molecule has 1 amide bonds. The summed E-state index contributed by atoms with van der Waals surface area (Å²) >= 11 is 7.41. The fourth-order valence-corrected chi connectivity index (χ4v) is 6.04. The summed E-state index contributed by atoms with van der Waals surface area (Å²) in [6, 6.07) is 27.6. The molecule has 0 radical (unpaired) electrons. The number of fused-ring (bicyclic) bond motifs is 1. The van der Waals surface area contributed by atoms with E-state index in [4.69, 9.17) is 21.0 Å². The minimum atomic E-state index is -0.637. The van der Waals surface area contributed by atoms with E-state index in [1.165, 1.54) is 11.3 Å². The van der Waals surface area contributed by atoms with E-state index in [1.807, 2.05) is 98.8 Å². The number of aryl methyl sites for hydroxylation is 1. The number of allylic oxidation sites excluding steroid dienone is 1. The average molecular weight is 566 g/mol. The van der Waals surface area contributed by atoms with Crippen molar-refractivity contribution in [2.45, 2.75) is 19.9 Å². The summed E-state index contributed by atoms with van der Waals surface area (Å²) < 4.78 is 8.09. The van der Waals surface area contributed by atoms with Gasteiger partial charge in [-0.1, -0.05) is 83.6 Å². The molecule has 40 heavy (non-hydrogen) atoms. The normalized spacial score (nSPS) is 15.1. The molecule has 0 aliphatic carbocycles. The Bertz CT molecular complexity index is 1970. The Labute approximate surface area is 239 Å². The van der Waals surface area contributed by atoms with E-state index in [0.29, 0.717) is 42.8 Å².